The molecular formula is C9H9BrF2. The van der Waals surface area contributed by atoms with E-state index in [1.165, 1.54) is 0 Å². The van der Waals surface area contributed by atoms with Crippen LogP contribution in [0, 0.1) is 0 Å². The van der Waals surface area contributed by atoms with Gasteiger partial charge in [0.05, 0.1) is 0 Å². The SMILES string of the molecule is CC(F)(F)Cc1ccc(Br)cc1. The van der Waals surface area contributed by atoms with Crippen molar-refractivity contribution in [1.29, 1.82) is 0 Å². The van der Waals surface area contributed by atoms with Gasteiger partial charge in [0, 0.05) is 10.9 Å². The molecule has 1 aromatic rings. The van der Waals surface area contributed by atoms with Gasteiger partial charge in [0.15, 0.2) is 0 Å². The monoisotopic (exact) mass is 234 g/mol. The van der Waals surface area contributed by atoms with E-state index >= 15 is 0 Å². The Bertz CT molecular complexity index is 248. The molecule has 66 valence electrons. The van der Waals surface area contributed by atoms with E-state index in [1.54, 1.807) is 24.3 Å². The highest BCUT2D eigenvalue weighted by Gasteiger charge is 2.21. The zero-order valence-corrected chi connectivity index (χ0v) is 8.24. The first-order chi connectivity index (χ1) is 5.47. The smallest absolute Gasteiger partial charge is 0.207 e. The minimum Gasteiger partial charge on any atom is -0.207 e. The van der Waals surface area contributed by atoms with Gasteiger partial charge in [0.1, 0.15) is 0 Å². The van der Waals surface area contributed by atoms with Crippen molar-refractivity contribution < 1.29 is 8.78 Å². The molecule has 0 aromatic heterocycles. The summed E-state index contributed by atoms with van der Waals surface area (Å²) in [6, 6.07) is 6.92. The molecule has 0 nitrogen and oxygen atoms in total. The van der Waals surface area contributed by atoms with Gasteiger partial charge < -0.3 is 0 Å². The molecule has 0 aliphatic heterocycles. The summed E-state index contributed by atoms with van der Waals surface area (Å²) in [4.78, 5) is 0. The van der Waals surface area contributed by atoms with Crippen LogP contribution >= 0.6 is 15.9 Å². The average Bonchev–Trinajstić information content (AvgIpc) is 1.91. The molecule has 0 spiro atoms. The van der Waals surface area contributed by atoms with Gasteiger partial charge in [-0.25, -0.2) is 8.78 Å². The molecule has 0 fully saturated rings. The van der Waals surface area contributed by atoms with Crippen molar-refractivity contribution >= 4 is 15.9 Å². The van der Waals surface area contributed by atoms with Crippen molar-refractivity contribution in [2.45, 2.75) is 19.3 Å². The lowest BCUT2D eigenvalue weighted by atomic mass is 10.1. The number of hydrogen-bond donors (Lipinski definition) is 0. The fourth-order valence-corrected chi connectivity index (χ4v) is 1.23. The third kappa shape index (κ3) is 3.30. The number of alkyl halides is 2. The fourth-order valence-electron chi connectivity index (χ4n) is 0.961. The average molecular weight is 235 g/mol. The second-order valence-corrected chi connectivity index (χ2v) is 3.79. The summed E-state index contributed by atoms with van der Waals surface area (Å²) in [6.07, 6.45) is -0.194. The Labute approximate surface area is 78.7 Å². The summed E-state index contributed by atoms with van der Waals surface area (Å²) in [5.41, 5.74) is 0.658. The van der Waals surface area contributed by atoms with Crippen molar-refractivity contribution in [3.8, 4) is 0 Å². The quantitative estimate of drug-likeness (QED) is 0.733. The number of halogens is 3. The number of rotatable bonds is 2. The van der Waals surface area contributed by atoms with Crippen molar-refractivity contribution in [2.75, 3.05) is 0 Å². The second kappa shape index (κ2) is 3.52. The first kappa shape index (κ1) is 9.65. The van der Waals surface area contributed by atoms with Gasteiger partial charge in [0.25, 0.3) is 0 Å². The van der Waals surface area contributed by atoms with Crippen LogP contribution in [0.25, 0.3) is 0 Å². The maximum Gasteiger partial charge on any atom is 0.249 e. The van der Waals surface area contributed by atoms with E-state index in [4.69, 9.17) is 0 Å². The van der Waals surface area contributed by atoms with E-state index in [-0.39, 0.29) is 6.42 Å². The normalized spacial score (nSPS) is 11.7. The molecule has 0 heterocycles. The van der Waals surface area contributed by atoms with E-state index in [2.05, 4.69) is 15.9 Å². The van der Waals surface area contributed by atoms with Crippen LogP contribution in [-0.4, -0.2) is 5.92 Å². The van der Waals surface area contributed by atoms with Gasteiger partial charge in [-0.05, 0) is 24.6 Å². The predicted molar refractivity (Wildman–Crippen MR) is 48.5 cm³/mol. The maximum atomic E-state index is 12.5. The third-order valence-electron chi connectivity index (χ3n) is 1.43. The molecule has 0 N–H and O–H groups in total. The molecule has 0 aliphatic carbocycles. The Kier molecular flexibility index (Phi) is 2.83. The minimum absolute atomic E-state index is 0.194. The van der Waals surface area contributed by atoms with E-state index in [1.807, 2.05) is 0 Å². The van der Waals surface area contributed by atoms with Gasteiger partial charge in [-0.15, -0.1) is 0 Å². The summed E-state index contributed by atoms with van der Waals surface area (Å²) in [5.74, 6) is -2.62. The Morgan fingerprint density at radius 3 is 2.17 bits per heavy atom. The highest BCUT2D eigenvalue weighted by atomic mass is 79.9. The van der Waals surface area contributed by atoms with Crippen LogP contribution < -0.4 is 0 Å². The van der Waals surface area contributed by atoms with Crippen LogP contribution in [0.1, 0.15) is 12.5 Å². The lowest BCUT2D eigenvalue weighted by molar-refractivity contribution is 0.0226. The minimum atomic E-state index is -2.62. The van der Waals surface area contributed by atoms with Crippen molar-refractivity contribution in [1.82, 2.24) is 0 Å². The predicted octanol–water partition coefficient (Wildman–Crippen LogP) is 3.65. The summed E-state index contributed by atoms with van der Waals surface area (Å²) >= 11 is 3.24. The standard InChI is InChI=1S/C9H9BrF2/c1-9(11,12)6-7-2-4-8(10)5-3-7/h2-5H,6H2,1H3. The molecule has 3 heteroatoms. The van der Waals surface area contributed by atoms with Gasteiger partial charge in [-0.1, -0.05) is 28.1 Å². The van der Waals surface area contributed by atoms with Crippen molar-refractivity contribution in [3.05, 3.63) is 34.3 Å². The highest BCUT2D eigenvalue weighted by Crippen LogP contribution is 2.20. The molecule has 12 heavy (non-hydrogen) atoms. The Balaban J connectivity index is 2.71. The van der Waals surface area contributed by atoms with Crippen molar-refractivity contribution in [3.63, 3.8) is 0 Å². The van der Waals surface area contributed by atoms with Gasteiger partial charge in [0.2, 0.25) is 5.92 Å². The Morgan fingerprint density at radius 2 is 1.75 bits per heavy atom. The first-order valence-electron chi connectivity index (χ1n) is 3.60. The summed E-state index contributed by atoms with van der Waals surface area (Å²) < 4.78 is 25.9. The molecule has 0 saturated carbocycles. The van der Waals surface area contributed by atoms with E-state index in [9.17, 15) is 8.78 Å². The van der Waals surface area contributed by atoms with Gasteiger partial charge in [-0.2, -0.15) is 0 Å². The van der Waals surface area contributed by atoms with E-state index in [0.717, 1.165) is 11.4 Å². The summed E-state index contributed by atoms with van der Waals surface area (Å²) in [5, 5.41) is 0. The molecule has 0 bridgehead atoms. The summed E-state index contributed by atoms with van der Waals surface area (Å²) in [7, 11) is 0. The first-order valence-corrected chi connectivity index (χ1v) is 4.39. The fraction of sp³-hybridized carbons (Fsp3) is 0.333. The van der Waals surface area contributed by atoms with Crippen LogP contribution in [0.4, 0.5) is 8.78 Å². The molecule has 0 amide bonds. The van der Waals surface area contributed by atoms with Gasteiger partial charge in [-0.3, -0.25) is 0 Å². The molecular weight excluding hydrogens is 226 g/mol. The Morgan fingerprint density at radius 1 is 1.25 bits per heavy atom. The topological polar surface area (TPSA) is 0 Å². The molecule has 1 aromatic carbocycles. The van der Waals surface area contributed by atoms with Crippen LogP contribution in [0.2, 0.25) is 0 Å². The lowest BCUT2D eigenvalue weighted by Crippen LogP contribution is -2.13. The molecule has 1 rings (SSSR count). The van der Waals surface area contributed by atoms with Crippen LogP contribution in [0.3, 0.4) is 0 Å². The molecule has 0 atom stereocenters. The van der Waals surface area contributed by atoms with Crippen LogP contribution in [0.15, 0.2) is 28.7 Å². The molecule has 0 unspecified atom stereocenters. The van der Waals surface area contributed by atoms with E-state index < -0.39 is 5.92 Å². The largest absolute Gasteiger partial charge is 0.249 e. The van der Waals surface area contributed by atoms with Crippen LogP contribution in [-0.2, 0) is 6.42 Å². The van der Waals surface area contributed by atoms with E-state index in [0.29, 0.717) is 5.56 Å². The van der Waals surface area contributed by atoms with Crippen LogP contribution in [0.5, 0.6) is 0 Å². The zero-order valence-electron chi connectivity index (χ0n) is 6.65. The highest BCUT2D eigenvalue weighted by molar-refractivity contribution is 9.10. The number of hydrogen-bond acceptors (Lipinski definition) is 0. The maximum absolute atomic E-state index is 12.5. The van der Waals surface area contributed by atoms with Crippen molar-refractivity contribution in [2.24, 2.45) is 0 Å². The third-order valence-corrected chi connectivity index (χ3v) is 1.96. The lowest BCUT2D eigenvalue weighted by Gasteiger charge is -2.09. The molecule has 0 aliphatic rings. The zero-order chi connectivity index (χ0) is 9.19. The Hall–Kier alpha value is -0.440. The molecule has 0 saturated heterocycles. The number of benzene rings is 1. The van der Waals surface area contributed by atoms with Gasteiger partial charge >= 0.3 is 0 Å². The molecule has 0 radical (unpaired) electrons. The summed E-state index contributed by atoms with van der Waals surface area (Å²) in [6.45, 7) is 0.926. The second-order valence-electron chi connectivity index (χ2n) is 2.87.